The van der Waals surface area contributed by atoms with Crippen molar-refractivity contribution < 1.29 is 54.0 Å². The van der Waals surface area contributed by atoms with Gasteiger partial charge in [0.15, 0.2) is 0 Å². The van der Waals surface area contributed by atoms with Crippen LogP contribution in [0.1, 0.15) is 25.3 Å². The third kappa shape index (κ3) is 11.3. The monoisotopic (exact) mass is 539 g/mol. The van der Waals surface area contributed by atoms with Crippen molar-refractivity contribution in [2.45, 2.75) is 50.4 Å². The molecule has 0 bridgehead atoms. The Bertz CT molecular complexity index is 1060. The molecule has 208 valence electrons. The highest BCUT2D eigenvalue weighted by atomic mass is 16.4. The number of aromatic hydroxyl groups is 1. The quantitative estimate of drug-likeness (QED) is 0.107. The van der Waals surface area contributed by atoms with Crippen molar-refractivity contribution in [1.29, 1.82) is 0 Å². The Morgan fingerprint density at radius 1 is 0.763 bits per heavy atom. The molecule has 1 aromatic carbocycles. The zero-order valence-corrected chi connectivity index (χ0v) is 20.2. The number of rotatable bonds is 15. The summed E-state index contributed by atoms with van der Waals surface area (Å²) < 4.78 is 0. The van der Waals surface area contributed by atoms with E-state index in [0.717, 1.165) is 0 Å². The molecule has 0 aliphatic carbocycles. The lowest BCUT2D eigenvalue weighted by Gasteiger charge is -2.21. The molecule has 0 aliphatic heterocycles. The van der Waals surface area contributed by atoms with E-state index in [0.29, 0.717) is 5.56 Å². The van der Waals surface area contributed by atoms with E-state index < -0.39 is 85.1 Å². The number of phenols is 1. The number of carbonyl (C=O) groups excluding carboxylic acids is 4. The normalized spacial score (nSPS) is 13.6. The molecule has 0 aromatic heterocycles. The van der Waals surface area contributed by atoms with Crippen LogP contribution in [0, 0.1) is 0 Å². The van der Waals surface area contributed by atoms with E-state index in [9.17, 15) is 38.7 Å². The minimum atomic E-state index is -1.89. The Balaban J connectivity index is 2.88. The summed E-state index contributed by atoms with van der Waals surface area (Å²) >= 11 is 0. The molecule has 4 amide bonds. The maximum absolute atomic E-state index is 12.7. The van der Waals surface area contributed by atoms with Crippen LogP contribution in [-0.2, 0) is 40.0 Å². The Hall–Kier alpha value is -4.73. The van der Waals surface area contributed by atoms with Crippen molar-refractivity contribution in [2.75, 3.05) is 6.54 Å². The maximum atomic E-state index is 12.7. The fraction of sp³-hybridized carbons (Fsp3) is 0.409. The van der Waals surface area contributed by atoms with Gasteiger partial charge in [0.1, 0.15) is 23.9 Å². The number of nitrogens with two attached hydrogens (primary N) is 1. The molecule has 0 radical (unpaired) electrons. The highest BCUT2D eigenvalue weighted by Gasteiger charge is 2.30. The lowest BCUT2D eigenvalue weighted by molar-refractivity contribution is -0.148. The second kappa shape index (κ2) is 14.7. The first-order valence-electron chi connectivity index (χ1n) is 11.1. The minimum Gasteiger partial charge on any atom is -0.508 e. The summed E-state index contributed by atoms with van der Waals surface area (Å²) in [6, 6.07) is -0.0983. The van der Waals surface area contributed by atoms with E-state index in [1.165, 1.54) is 31.2 Å². The Morgan fingerprint density at radius 2 is 1.29 bits per heavy atom. The van der Waals surface area contributed by atoms with Crippen LogP contribution >= 0.6 is 0 Å². The first kappa shape index (κ1) is 31.3. The zero-order valence-electron chi connectivity index (χ0n) is 20.2. The number of hydrogen-bond acceptors (Lipinski definition) is 9. The molecule has 16 heteroatoms. The average Bonchev–Trinajstić information content (AvgIpc) is 2.81. The zero-order chi connectivity index (χ0) is 29.0. The van der Waals surface area contributed by atoms with Crippen molar-refractivity contribution >= 4 is 41.5 Å². The summed E-state index contributed by atoms with van der Waals surface area (Å²) in [4.78, 5) is 82.5. The summed E-state index contributed by atoms with van der Waals surface area (Å²) in [7, 11) is 0. The number of carboxylic acids is 3. The smallest absolute Gasteiger partial charge is 0.326 e. The van der Waals surface area contributed by atoms with E-state index in [1.807, 2.05) is 10.6 Å². The number of phenolic OH excluding ortho intramolecular Hbond substituents is 1. The van der Waals surface area contributed by atoms with Crippen LogP contribution in [0.4, 0.5) is 0 Å². The number of benzene rings is 1. The summed E-state index contributed by atoms with van der Waals surface area (Å²) in [5, 5.41) is 44.8. The largest absolute Gasteiger partial charge is 0.508 e. The second-order valence-corrected chi connectivity index (χ2v) is 8.15. The molecule has 0 spiro atoms. The summed E-state index contributed by atoms with van der Waals surface area (Å²) in [6.07, 6.45) is -2.02. The third-order valence-electron chi connectivity index (χ3n) is 4.87. The molecule has 0 aliphatic rings. The van der Waals surface area contributed by atoms with E-state index in [-0.39, 0.29) is 12.2 Å². The first-order valence-corrected chi connectivity index (χ1v) is 11.1. The molecule has 0 unspecified atom stereocenters. The predicted octanol–water partition coefficient (Wildman–Crippen LogP) is -3.11. The van der Waals surface area contributed by atoms with Crippen LogP contribution in [0.15, 0.2) is 24.3 Å². The van der Waals surface area contributed by atoms with Gasteiger partial charge in [-0.05, 0) is 24.6 Å². The summed E-state index contributed by atoms with van der Waals surface area (Å²) in [5.41, 5.74) is 6.07. The summed E-state index contributed by atoms with van der Waals surface area (Å²) in [5.74, 6) is -8.59. The molecular formula is C22H29N5O11. The van der Waals surface area contributed by atoms with Gasteiger partial charge in [-0.15, -0.1) is 0 Å². The van der Waals surface area contributed by atoms with Gasteiger partial charge in [-0.2, -0.15) is 0 Å². The molecule has 0 heterocycles. The maximum Gasteiger partial charge on any atom is 0.326 e. The Morgan fingerprint density at radius 3 is 1.79 bits per heavy atom. The van der Waals surface area contributed by atoms with Gasteiger partial charge >= 0.3 is 17.9 Å². The van der Waals surface area contributed by atoms with Crippen LogP contribution < -0.4 is 27.0 Å². The van der Waals surface area contributed by atoms with Crippen LogP contribution in [-0.4, -0.2) is 92.7 Å². The number of aliphatic carboxylic acids is 3. The molecule has 38 heavy (non-hydrogen) atoms. The van der Waals surface area contributed by atoms with Gasteiger partial charge in [-0.3, -0.25) is 28.8 Å². The molecule has 1 aromatic rings. The van der Waals surface area contributed by atoms with Crippen molar-refractivity contribution in [3.05, 3.63) is 29.8 Å². The fourth-order valence-corrected chi connectivity index (χ4v) is 2.95. The van der Waals surface area contributed by atoms with Gasteiger partial charge in [0.25, 0.3) is 0 Å². The molecular weight excluding hydrogens is 510 g/mol. The van der Waals surface area contributed by atoms with E-state index in [2.05, 4.69) is 10.6 Å². The van der Waals surface area contributed by atoms with Crippen LogP contribution in [0.5, 0.6) is 5.75 Å². The van der Waals surface area contributed by atoms with E-state index >= 15 is 0 Å². The van der Waals surface area contributed by atoms with Crippen molar-refractivity contribution in [3.8, 4) is 5.75 Å². The number of hydrogen-bond donors (Lipinski definition) is 9. The average molecular weight is 539 g/mol. The van der Waals surface area contributed by atoms with Gasteiger partial charge in [0, 0.05) is 6.42 Å². The van der Waals surface area contributed by atoms with E-state index in [1.54, 1.807) is 0 Å². The SMILES string of the molecule is C[C@H](N)C(=O)N[C@@H](Cc1ccc(O)cc1)C(=O)NCC(=O)N[C@@H](CC(=O)O)C(=O)N[C@@H](CC(=O)O)C(=O)O. The predicted molar refractivity (Wildman–Crippen MR) is 126 cm³/mol. The molecule has 1 rings (SSSR count). The Labute approximate surface area is 215 Å². The molecule has 0 saturated carbocycles. The van der Waals surface area contributed by atoms with Crippen molar-refractivity contribution in [3.63, 3.8) is 0 Å². The highest BCUT2D eigenvalue weighted by molar-refractivity contribution is 5.95. The van der Waals surface area contributed by atoms with Crippen molar-refractivity contribution in [1.82, 2.24) is 21.3 Å². The molecule has 10 N–H and O–H groups in total. The highest BCUT2D eigenvalue weighted by Crippen LogP contribution is 2.11. The van der Waals surface area contributed by atoms with Crippen molar-refractivity contribution in [2.24, 2.45) is 5.73 Å². The number of carboxylic acid groups (broad SMARTS) is 3. The fourth-order valence-electron chi connectivity index (χ4n) is 2.95. The van der Waals surface area contributed by atoms with Crippen LogP contribution in [0.3, 0.4) is 0 Å². The third-order valence-corrected chi connectivity index (χ3v) is 4.87. The minimum absolute atomic E-state index is 0.0244. The van der Waals surface area contributed by atoms with Gasteiger partial charge in [-0.25, -0.2) is 4.79 Å². The van der Waals surface area contributed by atoms with Gasteiger partial charge in [-0.1, -0.05) is 12.1 Å². The van der Waals surface area contributed by atoms with Crippen LogP contribution in [0.2, 0.25) is 0 Å². The van der Waals surface area contributed by atoms with Crippen LogP contribution in [0.25, 0.3) is 0 Å². The first-order chi connectivity index (χ1) is 17.7. The lowest BCUT2D eigenvalue weighted by Crippen LogP contribution is -2.55. The standard InChI is InChI=1S/C22H29N5O11/c1-10(23)19(34)26-13(6-11-2-4-12(28)5-3-11)20(35)24-9-16(29)25-14(7-17(30)31)21(36)27-15(22(37)38)8-18(32)33/h2-5,10,13-15,28H,6-9,23H2,1H3,(H,24,35)(H,25,29)(H,26,34)(H,27,36)(H,30,31)(H,32,33)(H,37,38)/t10-,13-,14-,15-/m0/s1. The molecule has 4 atom stereocenters. The lowest BCUT2D eigenvalue weighted by atomic mass is 10.0. The number of amides is 4. The topological polar surface area (TPSA) is 275 Å². The van der Waals surface area contributed by atoms with E-state index in [4.69, 9.17) is 21.1 Å². The van der Waals surface area contributed by atoms with Gasteiger partial charge in [0.05, 0.1) is 25.4 Å². The Kier molecular flexibility index (Phi) is 12.1. The molecule has 16 nitrogen and oxygen atoms in total. The molecule has 0 fully saturated rings. The summed E-state index contributed by atoms with van der Waals surface area (Å²) in [6.45, 7) is 0.622. The second-order valence-electron chi connectivity index (χ2n) is 8.15. The van der Waals surface area contributed by atoms with Gasteiger partial charge < -0.3 is 47.4 Å². The van der Waals surface area contributed by atoms with Gasteiger partial charge in [0.2, 0.25) is 23.6 Å². The molecule has 0 saturated heterocycles. The number of carbonyl (C=O) groups is 7. The number of nitrogens with one attached hydrogen (secondary N) is 4.